The van der Waals surface area contributed by atoms with Crippen molar-refractivity contribution in [1.82, 2.24) is 4.31 Å². The molecule has 0 unspecified atom stereocenters. The summed E-state index contributed by atoms with van der Waals surface area (Å²) in [5, 5.41) is 8.53. The fourth-order valence-electron chi connectivity index (χ4n) is 0.973. The van der Waals surface area contributed by atoms with E-state index < -0.39 is 0 Å². The molecule has 0 aromatic rings. The van der Waals surface area contributed by atoms with Crippen LogP contribution in [0.3, 0.4) is 0 Å². The van der Waals surface area contributed by atoms with Crippen LogP contribution in [0.1, 0.15) is 39.5 Å². The molecular formula is C10H18N2OS. The molecule has 0 spiro atoms. The van der Waals surface area contributed by atoms with Crippen LogP contribution in [0.4, 0.5) is 0 Å². The molecule has 0 aliphatic carbocycles. The van der Waals surface area contributed by atoms with Crippen molar-refractivity contribution in [1.29, 1.82) is 5.26 Å². The Morgan fingerprint density at radius 3 is 2.64 bits per heavy atom. The highest BCUT2D eigenvalue weighted by Gasteiger charge is 2.10. The van der Waals surface area contributed by atoms with Gasteiger partial charge in [0.1, 0.15) is 6.54 Å². The standard InChI is InChI=1S/C10H18N2OS/c1-3-5-6-9-14-12(8-7-11)10(13)4-2/h3-6,8-9H2,1-2H3. The van der Waals surface area contributed by atoms with Gasteiger partial charge in [0.15, 0.2) is 0 Å². The van der Waals surface area contributed by atoms with E-state index in [0.29, 0.717) is 6.42 Å². The Hall–Kier alpha value is -0.690. The molecule has 1 amide bonds. The highest BCUT2D eigenvalue weighted by Crippen LogP contribution is 2.13. The lowest BCUT2D eigenvalue weighted by atomic mass is 10.3. The zero-order chi connectivity index (χ0) is 10.8. The second kappa shape index (κ2) is 8.89. The van der Waals surface area contributed by atoms with E-state index in [1.54, 1.807) is 4.31 Å². The number of carbonyl (C=O) groups is 1. The van der Waals surface area contributed by atoms with E-state index >= 15 is 0 Å². The minimum atomic E-state index is 0.0491. The van der Waals surface area contributed by atoms with Crippen LogP contribution in [0.15, 0.2) is 0 Å². The van der Waals surface area contributed by atoms with Gasteiger partial charge < -0.3 is 0 Å². The molecule has 0 aliphatic heterocycles. The van der Waals surface area contributed by atoms with Crippen molar-refractivity contribution in [2.75, 3.05) is 12.3 Å². The average Bonchev–Trinajstić information content (AvgIpc) is 2.21. The van der Waals surface area contributed by atoms with Gasteiger partial charge in [0.25, 0.3) is 0 Å². The van der Waals surface area contributed by atoms with E-state index in [9.17, 15) is 4.79 Å². The molecule has 0 saturated heterocycles. The molecule has 0 aliphatic rings. The molecule has 0 bridgehead atoms. The lowest BCUT2D eigenvalue weighted by Gasteiger charge is -2.16. The van der Waals surface area contributed by atoms with E-state index in [1.807, 2.05) is 13.0 Å². The van der Waals surface area contributed by atoms with Crippen LogP contribution in [0.25, 0.3) is 0 Å². The van der Waals surface area contributed by atoms with Gasteiger partial charge in [-0.3, -0.25) is 9.10 Å². The summed E-state index contributed by atoms with van der Waals surface area (Å²) in [5.41, 5.74) is 0. The van der Waals surface area contributed by atoms with Gasteiger partial charge in [-0.05, 0) is 18.4 Å². The van der Waals surface area contributed by atoms with Gasteiger partial charge in [-0.15, -0.1) is 0 Å². The molecule has 0 atom stereocenters. The molecule has 0 aromatic heterocycles. The van der Waals surface area contributed by atoms with Crippen LogP contribution >= 0.6 is 11.9 Å². The lowest BCUT2D eigenvalue weighted by molar-refractivity contribution is -0.125. The molecule has 14 heavy (non-hydrogen) atoms. The molecular weight excluding hydrogens is 196 g/mol. The molecule has 3 nitrogen and oxygen atoms in total. The SMILES string of the molecule is CCCCCSN(CC#N)C(=O)CC. The van der Waals surface area contributed by atoms with Crippen molar-refractivity contribution < 1.29 is 4.79 Å². The monoisotopic (exact) mass is 214 g/mol. The molecule has 0 rings (SSSR count). The quantitative estimate of drug-likeness (QED) is 0.372. The molecule has 0 heterocycles. The summed E-state index contributed by atoms with van der Waals surface area (Å²) in [6.45, 7) is 4.16. The summed E-state index contributed by atoms with van der Waals surface area (Å²) in [6.07, 6.45) is 3.96. The summed E-state index contributed by atoms with van der Waals surface area (Å²) < 4.78 is 1.57. The number of hydrogen-bond acceptors (Lipinski definition) is 3. The van der Waals surface area contributed by atoms with Gasteiger partial charge in [0, 0.05) is 12.2 Å². The van der Waals surface area contributed by atoms with Crippen molar-refractivity contribution >= 4 is 17.9 Å². The van der Waals surface area contributed by atoms with Crippen LogP contribution in [0.2, 0.25) is 0 Å². The third kappa shape index (κ3) is 5.87. The summed E-state index contributed by atoms with van der Waals surface area (Å²) >= 11 is 1.48. The first kappa shape index (κ1) is 13.3. The highest BCUT2D eigenvalue weighted by molar-refractivity contribution is 7.97. The maximum Gasteiger partial charge on any atom is 0.233 e. The third-order valence-corrected chi connectivity index (χ3v) is 2.91. The first-order valence-electron chi connectivity index (χ1n) is 5.06. The van der Waals surface area contributed by atoms with Crippen molar-refractivity contribution in [3.05, 3.63) is 0 Å². The molecule has 0 N–H and O–H groups in total. The predicted octanol–water partition coefficient (Wildman–Crippen LogP) is 2.59. The number of amides is 1. The highest BCUT2D eigenvalue weighted by atomic mass is 32.2. The van der Waals surface area contributed by atoms with Crippen molar-refractivity contribution in [3.8, 4) is 6.07 Å². The predicted molar refractivity (Wildman–Crippen MR) is 59.6 cm³/mol. The Kier molecular flexibility index (Phi) is 8.45. The minimum absolute atomic E-state index is 0.0491. The molecule has 80 valence electrons. The first-order valence-corrected chi connectivity index (χ1v) is 6.00. The average molecular weight is 214 g/mol. The third-order valence-electron chi connectivity index (χ3n) is 1.79. The summed E-state index contributed by atoms with van der Waals surface area (Å²) in [4.78, 5) is 11.3. The van der Waals surface area contributed by atoms with E-state index in [4.69, 9.17) is 5.26 Å². The van der Waals surface area contributed by atoms with E-state index in [2.05, 4.69) is 6.92 Å². The smallest absolute Gasteiger partial charge is 0.233 e. The van der Waals surface area contributed by atoms with Gasteiger partial charge in [-0.25, -0.2) is 0 Å². The van der Waals surface area contributed by atoms with Crippen molar-refractivity contribution in [2.45, 2.75) is 39.5 Å². The minimum Gasteiger partial charge on any atom is -0.274 e. The number of unbranched alkanes of at least 4 members (excludes halogenated alkanes) is 2. The van der Waals surface area contributed by atoms with Gasteiger partial charge in [0.05, 0.1) is 6.07 Å². The van der Waals surface area contributed by atoms with Crippen LogP contribution in [-0.2, 0) is 4.79 Å². The van der Waals surface area contributed by atoms with Gasteiger partial charge >= 0.3 is 0 Å². The van der Waals surface area contributed by atoms with Crippen LogP contribution in [0.5, 0.6) is 0 Å². The lowest BCUT2D eigenvalue weighted by Crippen LogP contribution is -2.24. The number of nitrogens with zero attached hydrogens (tertiary/aromatic N) is 2. The largest absolute Gasteiger partial charge is 0.274 e. The second-order valence-electron chi connectivity index (χ2n) is 2.98. The fraction of sp³-hybridized carbons (Fsp3) is 0.800. The summed E-state index contributed by atoms with van der Waals surface area (Å²) in [7, 11) is 0. The number of hydrogen-bond donors (Lipinski definition) is 0. The normalized spacial score (nSPS) is 9.50. The summed E-state index contributed by atoms with van der Waals surface area (Å²) in [5.74, 6) is 0.981. The topological polar surface area (TPSA) is 44.1 Å². The van der Waals surface area contributed by atoms with E-state index in [1.165, 1.54) is 24.8 Å². The maximum atomic E-state index is 11.3. The number of carbonyl (C=O) groups excluding carboxylic acids is 1. The number of rotatable bonds is 7. The van der Waals surface area contributed by atoms with E-state index in [0.717, 1.165) is 12.2 Å². The fourth-order valence-corrected chi connectivity index (χ4v) is 1.95. The molecule has 0 saturated carbocycles. The van der Waals surface area contributed by atoms with Crippen LogP contribution in [-0.4, -0.2) is 22.5 Å². The van der Waals surface area contributed by atoms with Crippen LogP contribution in [0, 0.1) is 11.3 Å². The van der Waals surface area contributed by atoms with E-state index in [-0.39, 0.29) is 12.5 Å². The second-order valence-corrected chi connectivity index (χ2v) is 4.09. The zero-order valence-electron chi connectivity index (χ0n) is 8.95. The molecule has 0 fully saturated rings. The molecule has 0 aromatic carbocycles. The zero-order valence-corrected chi connectivity index (χ0v) is 9.77. The Morgan fingerprint density at radius 2 is 2.14 bits per heavy atom. The Morgan fingerprint density at radius 1 is 1.43 bits per heavy atom. The van der Waals surface area contributed by atoms with Crippen LogP contribution < -0.4 is 0 Å². The maximum absolute atomic E-state index is 11.3. The van der Waals surface area contributed by atoms with Crippen molar-refractivity contribution in [2.24, 2.45) is 0 Å². The Labute approximate surface area is 90.6 Å². The van der Waals surface area contributed by atoms with Crippen molar-refractivity contribution in [3.63, 3.8) is 0 Å². The van der Waals surface area contributed by atoms with Gasteiger partial charge in [-0.1, -0.05) is 26.7 Å². The molecule has 0 radical (unpaired) electrons. The first-order chi connectivity index (χ1) is 6.76. The Bertz CT molecular complexity index is 201. The summed E-state index contributed by atoms with van der Waals surface area (Å²) in [6, 6.07) is 2.01. The van der Waals surface area contributed by atoms with Gasteiger partial charge in [0.2, 0.25) is 5.91 Å². The number of nitriles is 1. The Balaban J connectivity index is 3.74. The van der Waals surface area contributed by atoms with Gasteiger partial charge in [-0.2, -0.15) is 5.26 Å². The molecule has 4 heteroatoms.